The van der Waals surface area contributed by atoms with Gasteiger partial charge in [0.1, 0.15) is 11.9 Å². The fourth-order valence-corrected chi connectivity index (χ4v) is 2.77. The Morgan fingerprint density at radius 2 is 2.12 bits per heavy atom. The van der Waals surface area contributed by atoms with Gasteiger partial charge in [-0.3, -0.25) is 9.78 Å². The van der Waals surface area contributed by atoms with E-state index in [1.807, 2.05) is 29.2 Å². The van der Waals surface area contributed by atoms with Gasteiger partial charge in [0.2, 0.25) is 11.8 Å². The number of likely N-dealkylation sites (tertiary alicyclic amines) is 1. The van der Waals surface area contributed by atoms with E-state index in [1.165, 1.54) is 0 Å². The molecule has 1 aromatic carbocycles. The van der Waals surface area contributed by atoms with Gasteiger partial charge >= 0.3 is 0 Å². The van der Waals surface area contributed by atoms with Gasteiger partial charge in [0.25, 0.3) is 0 Å². The number of nitrogens with zero attached hydrogens (tertiary/aromatic N) is 3. The van der Waals surface area contributed by atoms with Crippen LogP contribution in [-0.2, 0) is 11.2 Å². The molecule has 3 rings (SSSR count). The smallest absolute Gasteiger partial charge is 0.232 e. The summed E-state index contributed by atoms with van der Waals surface area (Å²) in [5.74, 6) is 1.50. The molecule has 0 aliphatic carbocycles. The molecule has 24 heavy (non-hydrogen) atoms. The van der Waals surface area contributed by atoms with Crippen molar-refractivity contribution in [1.82, 2.24) is 14.9 Å². The van der Waals surface area contributed by atoms with Crippen molar-refractivity contribution in [1.29, 1.82) is 0 Å². The van der Waals surface area contributed by atoms with Crippen molar-refractivity contribution in [2.45, 2.75) is 25.4 Å². The van der Waals surface area contributed by atoms with Gasteiger partial charge in [-0.05, 0) is 24.1 Å². The largest absolute Gasteiger partial charge is 0.497 e. The standard InChI is InChI=1S/C18H21N3O3/c1-23-15-5-2-14(3-6-15)4-7-18(22)21-11-8-16(13-21)24-17-12-19-9-10-20-17/h2-3,5-6,9-10,12,16H,4,7-8,11,13H2,1H3/t16-/m1/s1. The molecule has 1 fully saturated rings. The summed E-state index contributed by atoms with van der Waals surface area (Å²) < 4.78 is 10.9. The van der Waals surface area contributed by atoms with Crippen molar-refractivity contribution < 1.29 is 14.3 Å². The molecule has 1 amide bonds. The van der Waals surface area contributed by atoms with Gasteiger partial charge < -0.3 is 14.4 Å². The average Bonchev–Trinajstić information content (AvgIpc) is 3.09. The highest BCUT2D eigenvalue weighted by molar-refractivity contribution is 5.76. The van der Waals surface area contributed by atoms with E-state index in [0.29, 0.717) is 18.8 Å². The SMILES string of the molecule is COc1ccc(CCC(=O)N2CC[C@@H](Oc3cnccn3)C2)cc1. The van der Waals surface area contributed by atoms with E-state index in [4.69, 9.17) is 9.47 Å². The van der Waals surface area contributed by atoms with E-state index >= 15 is 0 Å². The zero-order chi connectivity index (χ0) is 16.8. The summed E-state index contributed by atoms with van der Waals surface area (Å²) in [4.78, 5) is 22.3. The normalized spacial score (nSPS) is 16.9. The van der Waals surface area contributed by atoms with E-state index in [-0.39, 0.29) is 12.0 Å². The number of aromatic nitrogens is 2. The second-order valence-corrected chi connectivity index (χ2v) is 5.76. The number of aryl methyl sites for hydroxylation is 1. The van der Waals surface area contributed by atoms with Crippen molar-refractivity contribution >= 4 is 5.91 Å². The zero-order valence-corrected chi connectivity index (χ0v) is 13.7. The first-order valence-corrected chi connectivity index (χ1v) is 8.08. The van der Waals surface area contributed by atoms with Crippen molar-refractivity contribution in [2.75, 3.05) is 20.2 Å². The first-order valence-electron chi connectivity index (χ1n) is 8.08. The van der Waals surface area contributed by atoms with Gasteiger partial charge in [-0.25, -0.2) is 4.98 Å². The lowest BCUT2D eigenvalue weighted by Crippen LogP contribution is -2.31. The molecule has 1 atom stereocenters. The van der Waals surface area contributed by atoms with E-state index < -0.39 is 0 Å². The molecule has 0 spiro atoms. The van der Waals surface area contributed by atoms with E-state index in [0.717, 1.165) is 30.7 Å². The fraction of sp³-hybridized carbons (Fsp3) is 0.389. The Balaban J connectivity index is 1.45. The number of amides is 1. The molecule has 0 radical (unpaired) electrons. The second-order valence-electron chi connectivity index (χ2n) is 5.76. The van der Waals surface area contributed by atoms with Gasteiger partial charge in [-0.15, -0.1) is 0 Å². The van der Waals surface area contributed by atoms with Gasteiger partial charge in [-0.1, -0.05) is 12.1 Å². The lowest BCUT2D eigenvalue weighted by atomic mass is 10.1. The Kier molecular flexibility index (Phi) is 5.25. The summed E-state index contributed by atoms with van der Waals surface area (Å²) in [5.41, 5.74) is 1.13. The fourth-order valence-electron chi connectivity index (χ4n) is 2.77. The number of rotatable bonds is 6. The zero-order valence-electron chi connectivity index (χ0n) is 13.7. The lowest BCUT2D eigenvalue weighted by molar-refractivity contribution is -0.130. The van der Waals surface area contributed by atoms with Crippen LogP contribution in [0.5, 0.6) is 11.6 Å². The lowest BCUT2D eigenvalue weighted by Gasteiger charge is -2.17. The van der Waals surface area contributed by atoms with Crippen LogP contribution >= 0.6 is 0 Å². The third-order valence-electron chi connectivity index (χ3n) is 4.11. The molecule has 126 valence electrons. The molecular weight excluding hydrogens is 306 g/mol. The van der Waals surface area contributed by atoms with Crippen LogP contribution in [0, 0.1) is 0 Å². The van der Waals surface area contributed by atoms with Crippen LogP contribution in [0.4, 0.5) is 0 Å². The predicted molar refractivity (Wildman–Crippen MR) is 89.0 cm³/mol. The number of benzene rings is 1. The van der Waals surface area contributed by atoms with Crippen LogP contribution in [-0.4, -0.2) is 47.1 Å². The Bertz CT molecular complexity index is 661. The molecule has 1 aliphatic heterocycles. The predicted octanol–water partition coefficient (Wildman–Crippen LogP) is 2.10. The van der Waals surface area contributed by atoms with Crippen LogP contribution in [0.3, 0.4) is 0 Å². The van der Waals surface area contributed by atoms with Gasteiger partial charge in [0.05, 0.1) is 19.9 Å². The molecule has 0 unspecified atom stereocenters. The molecule has 2 heterocycles. The summed E-state index contributed by atoms with van der Waals surface area (Å²) in [6.07, 6.45) is 6.85. The highest BCUT2D eigenvalue weighted by Gasteiger charge is 2.27. The third kappa shape index (κ3) is 4.22. The minimum atomic E-state index is -0.00774. The molecule has 6 nitrogen and oxygen atoms in total. The molecule has 2 aromatic rings. The molecular formula is C18H21N3O3. The number of methoxy groups -OCH3 is 1. The number of carbonyl (C=O) groups excluding carboxylic acids is 1. The summed E-state index contributed by atoms with van der Waals surface area (Å²) in [6, 6.07) is 7.83. The maximum absolute atomic E-state index is 12.4. The third-order valence-corrected chi connectivity index (χ3v) is 4.11. The maximum atomic E-state index is 12.4. The van der Waals surface area contributed by atoms with Gasteiger partial charge in [-0.2, -0.15) is 0 Å². The van der Waals surface area contributed by atoms with Gasteiger partial charge in [0.15, 0.2) is 0 Å². The number of ether oxygens (including phenoxy) is 2. The Labute approximate surface area is 141 Å². The second kappa shape index (κ2) is 7.77. The minimum Gasteiger partial charge on any atom is -0.497 e. The first-order chi connectivity index (χ1) is 11.7. The Hall–Kier alpha value is -2.63. The molecule has 0 saturated carbocycles. The first kappa shape index (κ1) is 16.2. The van der Waals surface area contributed by atoms with Crippen molar-refractivity contribution in [2.24, 2.45) is 0 Å². The number of hydrogen-bond acceptors (Lipinski definition) is 5. The summed E-state index contributed by atoms with van der Waals surface area (Å²) in [6.45, 7) is 1.34. The highest BCUT2D eigenvalue weighted by atomic mass is 16.5. The van der Waals surface area contributed by atoms with Crippen LogP contribution in [0.25, 0.3) is 0 Å². The van der Waals surface area contributed by atoms with Crippen LogP contribution in [0.1, 0.15) is 18.4 Å². The van der Waals surface area contributed by atoms with Crippen LogP contribution < -0.4 is 9.47 Å². The van der Waals surface area contributed by atoms with Crippen molar-refractivity contribution in [3.63, 3.8) is 0 Å². The Morgan fingerprint density at radius 3 is 2.83 bits per heavy atom. The summed E-state index contributed by atoms with van der Waals surface area (Å²) in [5, 5.41) is 0. The van der Waals surface area contributed by atoms with E-state index in [1.54, 1.807) is 25.7 Å². The molecule has 1 aromatic heterocycles. The topological polar surface area (TPSA) is 64.5 Å². The molecule has 0 bridgehead atoms. The number of hydrogen-bond donors (Lipinski definition) is 0. The summed E-state index contributed by atoms with van der Waals surface area (Å²) in [7, 11) is 1.64. The highest BCUT2D eigenvalue weighted by Crippen LogP contribution is 2.18. The summed E-state index contributed by atoms with van der Waals surface area (Å²) >= 11 is 0. The Morgan fingerprint density at radius 1 is 1.29 bits per heavy atom. The maximum Gasteiger partial charge on any atom is 0.232 e. The van der Waals surface area contributed by atoms with Crippen molar-refractivity contribution in [3.05, 3.63) is 48.4 Å². The minimum absolute atomic E-state index is 0.00774. The molecule has 6 heteroatoms. The number of carbonyl (C=O) groups is 1. The average molecular weight is 327 g/mol. The molecule has 0 N–H and O–H groups in total. The molecule has 1 saturated heterocycles. The van der Waals surface area contributed by atoms with Gasteiger partial charge in [0, 0.05) is 31.8 Å². The van der Waals surface area contributed by atoms with Crippen LogP contribution in [0.15, 0.2) is 42.9 Å². The van der Waals surface area contributed by atoms with E-state index in [9.17, 15) is 4.79 Å². The quantitative estimate of drug-likeness (QED) is 0.813. The monoisotopic (exact) mass is 327 g/mol. The molecule has 1 aliphatic rings. The van der Waals surface area contributed by atoms with Crippen LogP contribution in [0.2, 0.25) is 0 Å². The van der Waals surface area contributed by atoms with E-state index in [2.05, 4.69) is 9.97 Å². The van der Waals surface area contributed by atoms with Crippen molar-refractivity contribution in [3.8, 4) is 11.6 Å².